The van der Waals surface area contributed by atoms with Crippen LogP contribution in [0.4, 0.5) is 5.82 Å². The van der Waals surface area contributed by atoms with E-state index >= 15 is 0 Å². The average molecular weight is 292 g/mol. The Morgan fingerprint density at radius 2 is 2.10 bits per heavy atom. The molecular weight excluding hydrogens is 264 g/mol. The lowest BCUT2D eigenvalue weighted by molar-refractivity contribution is -0.127. The van der Waals surface area contributed by atoms with E-state index in [0.29, 0.717) is 12.6 Å². The Morgan fingerprint density at radius 3 is 2.67 bits per heavy atom. The molecule has 0 saturated carbocycles. The number of rotatable bonds is 8. The van der Waals surface area contributed by atoms with Gasteiger partial charge in [-0.05, 0) is 12.5 Å². The van der Waals surface area contributed by atoms with Crippen LogP contribution in [0.25, 0.3) is 0 Å². The quantitative estimate of drug-likeness (QED) is 0.795. The second-order valence-electron chi connectivity index (χ2n) is 5.73. The van der Waals surface area contributed by atoms with Gasteiger partial charge in [0.25, 0.3) is 0 Å². The van der Waals surface area contributed by atoms with E-state index in [-0.39, 0.29) is 5.91 Å². The Balaban J connectivity index is 2.93. The van der Waals surface area contributed by atoms with Crippen molar-refractivity contribution in [3.63, 3.8) is 0 Å². The summed E-state index contributed by atoms with van der Waals surface area (Å²) in [6, 6.07) is 4.43. The highest BCUT2D eigenvalue weighted by Gasteiger charge is 2.16. The summed E-state index contributed by atoms with van der Waals surface area (Å²) in [6.45, 7) is 8.31. The number of anilines is 1. The Bertz CT molecular complexity index is 446. The van der Waals surface area contributed by atoms with Crippen LogP contribution in [0.15, 0.2) is 18.3 Å². The van der Waals surface area contributed by atoms with E-state index < -0.39 is 0 Å². The summed E-state index contributed by atoms with van der Waals surface area (Å²) in [7, 11) is 3.57. The molecular formula is C16H28N4O. The van der Waals surface area contributed by atoms with Crippen LogP contribution in [0.2, 0.25) is 0 Å². The first-order valence-electron chi connectivity index (χ1n) is 7.58. The van der Waals surface area contributed by atoms with Gasteiger partial charge in [0, 0.05) is 45.0 Å². The number of nitrogens with one attached hydrogen (secondary N) is 1. The number of nitrogens with zero attached hydrogens (tertiary/aromatic N) is 3. The van der Waals surface area contributed by atoms with Crippen LogP contribution in [0.1, 0.15) is 32.8 Å². The van der Waals surface area contributed by atoms with Crippen molar-refractivity contribution in [3.8, 4) is 0 Å². The van der Waals surface area contributed by atoms with E-state index in [0.717, 1.165) is 30.9 Å². The second-order valence-corrected chi connectivity index (χ2v) is 5.73. The van der Waals surface area contributed by atoms with Gasteiger partial charge in [-0.1, -0.05) is 26.8 Å². The standard InChI is InChI=1S/C16H28N4O/c1-6-10-20(12-15(21)19(4)5)16-14(8-7-9-17-16)11-18-13(2)3/h7-9,13,18H,6,10-12H2,1-5H3. The number of hydrogen-bond donors (Lipinski definition) is 1. The maximum absolute atomic E-state index is 12.0. The summed E-state index contributed by atoms with van der Waals surface area (Å²) < 4.78 is 0. The van der Waals surface area contributed by atoms with Crippen LogP contribution in [0, 0.1) is 0 Å². The lowest BCUT2D eigenvalue weighted by Crippen LogP contribution is -2.38. The summed E-state index contributed by atoms with van der Waals surface area (Å²) in [5, 5.41) is 3.41. The van der Waals surface area contributed by atoms with Gasteiger partial charge in [0.2, 0.25) is 5.91 Å². The lowest BCUT2D eigenvalue weighted by Gasteiger charge is -2.26. The van der Waals surface area contributed by atoms with Gasteiger partial charge in [-0.25, -0.2) is 4.98 Å². The van der Waals surface area contributed by atoms with E-state index in [4.69, 9.17) is 0 Å². The van der Waals surface area contributed by atoms with Crippen molar-refractivity contribution in [3.05, 3.63) is 23.9 Å². The molecule has 0 atom stereocenters. The van der Waals surface area contributed by atoms with Gasteiger partial charge in [-0.2, -0.15) is 0 Å². The number of hydrogen-bond acceptors (Lipinski definition) is 4. The molecule has 1 rings (SSSR count). The minimum Gasteiger partial charge on any atom is -0.347 e. The smallest absolute Gasteiger partial charge is 0.241 e. The number of carbonyl (C=O) groups is 1. The zero-order valence-electron chi connectivity index (χ0n) is 13.9. The molecule has 0 aliphatic rings. The van der Waals surface area contributed by atoms with Crippen molar-refractivity contribution in [2.45, 2.75) is 39.8 Å². The number of amides is 1. The monoisotopic (exact) mass is 292 g/mol. The van der Waals surface area contributed by atoms with Crippen molar-refractivity contribution in [2.75, 3.05) is 32.1 Å². The molecule has 118 valence electrons. The van der Waals surface area contributed by atoms with E-state index in [1.165, 1.54) is 0 Å². The molecule has 1 N–H and O–H groups in total. The molecule has 0 spiro atoms. The zero-order valence-corrected chi connectivity index (χ0v) is 13.9. The predicted molar refractivity (Wildman–Crippen MR) is 87.4 cm³/mol. The SMILES string of the molecule is CCCN(CC(=O)N(C)C)c1ncccc1CNC(C)C. The van der Waals surface area contributed by atoms with E-state index in [1.54, 1.807) is 25.2 Å². The first-order chi connectivity index (χ1) is 9.95. The Hall–Kier alpha value is -1.62. The topological polar surface area (TPSA) is 48.5 Å². The molecule has 1 aromatic rings. The maximum Gasteiger partial charge on any atom is 0.241 e. The van der Waals surface area contributed by atoms with Crippen molar-refractivity contribution in [1.29, 1.82) is 0 Å². The van der Waals surface area contributed by atoms with Gasteiger partial charge in [0.1, 0.15) is 5.82 Å². The van der Waals surface area contributed by atoms with E-state index in [9.17, 15) is 4.79 Å². The molecule has 5 heteroatoms. The summed E-state index contributed by atoms with van der Waals surface area (Å²) in [5.74, 6) is 1.000. The first kappa shape index (κ1) is 17.4. The predicted octanol–water partition coefficient (Wildman–Crippen LogP) is 1.88. The molecule has 1 aromatic heterocycles. The summed E-state index contributed by atoms with van der Waals surface area (Å²) in [5.41, 5.74) is 1.13. The number of likely N-dealkylation sites (N-methyl/N-ethyl adjacent to an activating group) is 1. The average Bonchev–Trinajstić information content (AvgIpc) is 2.44. The largest absolute Gasteiger partial charge is 0.347 e. The van der Waals surface area contributed by atoms with E-state index in [2.05, 4.69) is 42.0 Å². The minimum absolute atomic E-state index is 0.0943. The van der Waals surface area contributed by atoms with Gasteiger partial charge in [-0.15, -0.1) is 0 Å². The Labute approximate surface area is 128 Å². The van der Waals surface area contributed by atoms with Crippen LogP contribution in [-0.4, -0.2) is 49.0 Å². The fourth-order valence-electron chi connectivity index (χ4n) is 2.00. The minimum atomic E-state index is 0.0943. The zero-order chi connectivity index (χ0) is 15.8. The third kappa shape index (κ3) is 5.71. The molecule has 0 radical (unpaired) electrons. The molecule has 0 fully saturated rings. The fourth-order valence-corrected chi connectivity index (χ4v) is 2.00. The highest BCUT2D eigenvalue weighted by atomic mass is 16.2. The number of pyridine rings is 1. The summed E-state index contributed by atoms with van der Waals surface area (Å²) in [4.78, 5) is 20.2. The van der Waals surface area contributed by atoms with Crippen LogP contribution in [-0.2, 0) is 11.3 Å². The van der Waals surface area contributed by atoms with Crippen LogP contribution in [0.3, 0.4) is 0 Å². The molecule has 5 nitrogen and oxygen atoms in total. The van der Waals surface area contributed by atoms with Gasteiger partial charge >= 0.3 is 0 Å². The summed E-state index contributed by atoms with van der Waals surface area (Å²) >= 11 is 0. The van der Waals surface area contributed by atoms with Gasteiger partial charge in [0.05, 0.1) is 6.54 Å². The number of aromatic nitrogens is 1. The molecule has 0 aliphatic carbocycles. The third-order valence-electron chi connectivity index (χ3n) is 3.19. The molecule has 0 saturated heterocycles. The highest BCUT2D eigenvalue weighted by Crippen LogP contribution is 2.17. The maximum atomic E-state index is 12.0. The van der Waals surface area contributed by atoms with Crippen molar-refractivity contribution >= 4 is 11.7 Å². The van der Waals surface area contributed by atoms with Gasteiger partial charge < -0.3 is 15.1 Å². The first-order valence-corrected chi connectivity index (χ1v) is 7.58. The molecule has 0 unspecified atom stereocenters. The molecule has 1 amide bonds. The highest BCUT2D eigenvalue weighted by molar-refractivity contribution is 5.80. The van der Waals surface area contributed by atoms with Crippen LogP contribution in [0.5, 0.6) is 0 Å². The van der Waals surface area contributed by atoms with Crippen molar-refractivity contribution in [1.82, 2.24) is 15.2 Å². The van der Waals surface area contributed by atoms with Gasteiger partial charge in [0.15, 0.2) is 0 Å². The summed E-state index contributed by atoms with van der Waals surface area (Å²) in [6.07, 6.45) is 2.77. The van der Waals surface area contributed by atoms with Crippen molar-refractivity contribution in [2.24, 2.45) is 0 Å². The van der Waals surface area contributed by atoms with E-state index in [1.807, 2.05) is 6.07 Å². The number of carbonyl (C=O) groups excluding carboxylic acids is 1. The molecule has 0 aromatic carbocycles. The molecule has 1 heterocycles. The molecule has 0 bridgehead atoms. The Kier molecular flexibility index (Phi) is 7.15. The van der Waals surface area contributed by atoms with Crippen LogP contribution >= 0.6 is 0 Å². The second kappa shape index (κ2) is 8.62. The Morgan fingerprint density at radius 1 is 1.38 bits per heavy atom. The lowest BCUT2D eigenvalue weighted by atomic mass is 10.2. The molecule has 21 heavy (non-hydrogen) atoms. The fraction of sp³-hybridized carbons (Fsp3) is 0.625. The van der Waals surface area contributed by atoms with Gasteiger partial charge in [-0.3, -0.25) is 4.79 Å². The van der Waals surface area contributed by atoms with Crippen molar-refractivity contribution < 1.29 is 4.79 Å². The third-order valence-corrected chi connectivity index (χ3v) is 3.19. The normalized spacial score (nSPS) is 10.8. The molecule has 0 aliphatic heterocycles. The van der Waals surface area contributed by atoms with Crippen LogP contribution < -0.4 is 10.2 Å².